The number of carbonyl (C=O) groups is 2. The van der Waals surface area contributed by atoms with E-state index in [9.17, 15) is 19.8 Å². The molecule has 150 valence electrons. The Morgan fingerprint density at radius 1 is 1.14 bits per heavy atom. The quantitative estimate of drug-likeness (QED) is 0.363. The molecule has 0 saturated heterocycles. The number of aliphatic hydroxyl groups is 1. The van der Waals surface area contributed by atoms with E-state index in [2.05, 4.69) is 5.32 Å². The molecule has 1 heterocycles. The van der Waals surface area contributed by atoms with Crippen LogP contribution >= 0.6 is 0 Å². The summed E-state index contributed by atoms with van der Waals surface area (Å²) in [6, 6.07) is 9.72. The summed E-state index contributed by atoms with van der Waals surface area (Å²) < 4.78 is 6.81. The predicted octanol–water partition coefficient (Wildman–Crippen LogP) is 1.72. The molecule has 0 bridgehead atoms. The van der Waals surface area contributed by atoms with Gasteiger partial charge in [0.15, 0.2) is 11.9 Å². The smallest absolute Gasteiger partial charge is 0.408 e. The van der Waals surface area contributed by atoms with Gasteiger partial charge in [-0.3, -0.25) is 0 Å². The third kappa shape index (κ3) is 6.88. The van der Waals surface area contributed by atoms with Crippen LogP contribution in [0, 0.1) is 0 Å². The third-order valence-electron chi connectivity index (χ3n) is 4.22. The second-order valence-corrected chi connectivity index (χ2v) is 6.34. The first-order valence-electron chi connectivity index (χ1n) is 9.01. The van der Waals surface area contributed by atoms with Crippen molar-refractivity contribution in [1.29, 1.82) is 0 Å². The number of unbranched alkanes of at least 4 members (excludes halogenated alkanes) is 1. The number of nitrogens with one attached hydrogen (secondary N) is 1. The van der Waals surface area contributed by atoms with E-state index in [1.54, 1.807) is 16.8 Å². The maximum atomic E-state index is 11.8. The first kappa shape index (κ1) is 21.2. The van der Waals surface area contributed by atoms with Crippen LogP contribution in [0.5, 0.6) is 5.75 Å². The van der Waals surface area contributed by atoms with Gasteiger partial charge in [-0.05, 0) is 18.4 Å². The Morgan fingerprint density at radius 3 is 2.54 bits per heavy atom. The summed E-state index contributed by atoms with van der Waals surface area (Å²) in [7, 11) is 0. The van der Waals surface area contributed by atoms with E-state index in [0.717, 1.165) is 5.56 Å². The molecule has 0 fully saturated rings. The van der Waals surface area contributed by atoms with Crippen LogP contribution in [0.15, 0.2) is 48.8 Å². The number of alkyl carbamates (subject to hydrolysis) is 1. The van der Waals surface area contributed by atoms with E-state index in [-0.39, 0.29) is 25.4 Å². The van der Waals surface area contributed by atoms with Crippen molar-refractivity contribution in [3.63, 3.8) is 0 Å². The Morgan fingerprint density at radius 2 is 1.89 bits per heavy atom. The van der Waals surface area contributed by atoms with Crippen molar-refractivity contribution in [2.75, 3.05) is 0 Å². The van der Waals surface area contributed by atoms with Gasteiger partial charge < -0.3 is 25.4 Å². The van der Waals surface area contributed by atoms with E-state index in [4.69, 9.17) is 9.84 Å². The van der Waals surface area contributed by atoms with E-state index in [1.165, 1.54) is 6.20 Å². The van der Waals surface area contributed by atoms with Crippen molar-refractivity contribution in [2.24, 2.45) is 0 Å². The number of carboxylic acid groups (broad SMARTS) is 1. The summed E-state index contributed by atoms with van der Waals surface area (Å²) in [4.78, 5) is 23.2. The lowest BCUT2D eigenvalue weighted by atomic mass is 10.1. The first-order valence-corrected chi connectivity index (χ1v) is 9.01. The molecule has 1 unspecified atom stereocenters. The zero-order chi connectivity index (χ0) is 20.4. The molecule has 0 aliphatic rings. The fourth-order valence-corrected chi connectivity index (χ4v) is 2.63. The van der Waals surface area contributed by atoms with Crippen LogP contribution in [0.25, 0.3) is 0 Å². The van der Waals surface area contributed by atoms with Crippen LogP contribution in [-0.4, -0.2) is 33.4 Å². The number of aliphatic hydroxyl groups excluding tert-OH is 1. The van der Waals surface area contributed by atoms with Gasteiger partial charge in [0, 0.05) is 18.1 Å². The number of benzene rings is 1. The number of aromatic nitrogens is 1. The summed E-state index contributed by atoms with van der Waals surface area (Å²) in [6.07, 6.45) is 3.96. The van der Waals surface area contributed by atoms with Gasteiger partial charge >= 0.3 is 12.1 Å². The Bertz CT molecular complexity index is 782. The molecule has 4 N–H and O–H groups in total. The van der Waals surface area contributed by atoms with Crippen LogP contribution in [0.1, 0.15) is 30.4 Å². The second kappa shape index (κ2) is 10.9. The molecule has 0 radical (unpaired) electrons. The van der Waals surface area contributed by atoms with E-state index in [0.29, 0.717) is 24.9 Å². The number of rotatable bonds is 10. The van der Waals surface area contributed by atoms with Crippen molar-refractivity contribution in [3.05, 3.63) is 59.9 Å². The number of hydrogen-bond acceptors (Lipinski definition) is 5. The van der Waals surface area contributed by atoms with Crippen LogP contribution in [0.2, 0.25) is 0 Å². The molecular formula is C20H25N2O6+. The first-order chi connectivity index (χ1) is 13.5. The van der Waals surface area contributed by atoms with E-state index < -0.39 is 18.1 Å². The molecule has 1 amide bonds. The third-order valence-corrected chi connectivity index (χ3v) is 4.22. The molecule has 0 saturated carbocycles. The average Bonchev–Trinajstić information content (AvgIpc) is 2.69. The Labute approximate surface area is 163 Å². The number of aliphatic carboxylic acids is 1. The minimum atomic E-state index is -1.12. The topological polar surface area (TPSA) is 120 Å². The number of pyridine rings is 1. The fourth-order valence-electron chi connectivity index (χ4n) is 2.63. The lowest BCUT2D eigenvalue weighted by molar-refractivity contribution is -0.697. The number of carbonyl (C=O) groups excluding carboxylic acids is 1. The van der Waals surface area contributed by atoms with Gasteiger partial charge in [-0.2, -0.15) is 0 Å². The summed E-state index contributed by atoms with van der Waals surface area (Å²) >= 11 is 0. The Hall–Kier alpha value is -3.13. The zero-order valence-corrected chi connectivity index (χ0v) is 15.5. The van der Waals surface area contributed by atoms with Gasteiger partial charge in [0.25, 0.3) is 0 Å². The molecule has 28 heavy (non-hydrogen) atoms. The molecule has 8 heteroatoms. The molecule has 0 spiro atoms. The van der Waals surface area contributed by atoms with Gasteiger partial charge in [-0.25, -0.2) is 14.2 Å². The monoisotopic (exact) mass is 389 g/mol. The van der Waals surface area contributed by atoms with Crippen molar-refractivity contribution in [3.8, 4) is 5.75 Å². The number of nitrogens with zero attached hydrogens (tertiary/aromatic N) is 1. The highest BCUT2D eigenvalue weighted by molar-refractivity contribution is 5.79. The number of ether oxygens (including phenoxy) is 1. The molecule has 1 atom stereocenters. The molecular weight excluding hydrogens is 364 g/mol. The Balaban J connectivity index is 1.74. The number of amides is 1. The van der Waals surface area contributed by atoms with Crippen LogP contribution < -0.4 is 9.88 Å². The predicted molar refractivity (Wildman–Crippen MR) is 99.3 cm³/mol. The lowest BCUT2D eigenvalue weighted by Crippen LogP contribution is -2.41. The molecule has 0 aliphatic heterocycles. The van der Waals surface area contributed by atoms with E-state index >= 15 is 0 Å². The van der Waals surface area contributed by atoms with Crippen molar-refractivity contribution in [2.45, 2.75) is 45.1 Å². The second-order valence-electron chi connectivity index (χ2n) is 6.34. The lowest BCUT2D eigenvalue weighted by Gasteiger charge is -2.14. The van der Waals surface area contributed by atoms with E-state index in [1.807, 2.05) is 30.3 Å². The van der Waals surface area contributed by atoms with Crippen molar-refractivity contribution >= 4 is 12.1 Å². The normalized spacial score (nSPS) is 11.6. The average molecular weight is 389 g/mol. The number of aromatic hydroxyl groups is 1. The molecule has 1 aromatic heterocycles. The SMILES string of the molecule is O=C(NC(CCCC[n+]1ccc(CO)c(O)c1)C(=O)O)OCc1ccccc1. The summed E-state index contributed by atoms with van der Waals surface area (Å²) in [5, 5.41) is 30.4. The van der Waals surface area contributed by atoms with Crippen molar-refractivity contribution < 1.29 is 34.2 Å². The van der Waals surface area contributed by atoms with Gasteiger partial charge in [0.05, 0.1) is 6.61 Å². The highest BCUT2D eigenvalue weighted by Gasteiger charge is 2.20. The molecule has 0 aliphatic carbocycles. The van der Waals surface area contributed by atoms with Crippen LogP contribution in [-0.2, 0) is 29.3 Å². The Kier molecular flexibility index (Phi) is 8.23. The molecule has 8 nitrogen and oxygen atoms in total. The minimum Gasteiger partial charge on any atom is -0.502 e. The number of aryl methyl sites for hydroxylation is 1. The number of carboxylic acids is 1. The van der Waals surface area contributed by atoms with Gasteiger partial charge in [0.2, 0.25) is 6.20 Å². The standard InChI is InChI=1S/C20H24N2O6/c23-13-16-9-11-22(12-18(16)24)10-5-4-8-17(19(25)26)21-20(27)28-14-15-6-2-1-3-7-15/h1-3,6-7,9,11-12,17,23H,4-5,8,10,13-14H2,(H2-,21,24,25,26,27)/p+1. The van der Waals surface area contributed by atoms with Crippen LogP contribution in [0.3, 0.4) is 0 Å². The molecule has 2 rings (SSSR count). The summed E-state index contributed by atoms with van der Waals surface area (Å²) in [5.74, 6) is -1.11. The molecule has 1 aromatic carbocycles. The van der Waals surface area contributed by atoms with Crippen molar-refractivity contribution in [1.82, 2.24) is 5.32 Å². The largest absolute Gasteiger partial charge is 0.502 e. The molecule has 2 aromatic rings. The fraction of sp³-hybridized carbons (Fsp3) is 0.350. The maximum Gasteiger partial charge on any atom is 0.408 e. The minimum absolute atomic E-state index is 0.0104. The maximum absolute atomic E-state index is 11.8. The highest BCUT2D eigenvalue weighted by Crippen LogP contribution is 2.12. The van der Waals surface area contributed by atoms with Crippen LogP contribution in [0.4, 0.5) is 4.79 Å². The highest BCUT2D eigenvalue weighted by atomic mass is 16.5. The van der Waals surface area contributed by atoms with Gasteiger partial charge in [-0.15, -0.1) is 0 Å². The zero-order valence-electron chi connectivity index (χ0n) is 15.5. The van der Waals surface area contributed by atoms with Gasteiger partial charge in [0.1, 0.15) is 19.2 Å². The number of hydrogen-bond donors (Lipinski definition) is 4. The summed E-state index contributed by atoms with van der Waals surface area (Å²) in [5.41, 5.74) is 1.26. The van der Waals surface area contributed by atoms with Gasteiger partial charge in [-0.1, -0.05) is 30.3 Å². The summed E-state index contributed by atoms with van der Waals surface area (Å²) in [6.45, 7) is 0.409.